The number of aromatic nitrogens is 5. The van der Waals surface area contributed by atoms with Crippen LogP contribution < -0.4 is 5.32 Å². The average Bonchev–Trinajstić information content (AvgIpc) is 3.08. The first-order valence-electron chi connectivity index (χ1n) is 6.76. The Hall–Kier alpha value is -2.09. The minimum Gasteiger partial charge on any atom is -0.288 e. The van der Waals surface area contributed by atoms with E-state index in [0.29, 0.717) is 16.6 Å². The predicted molar refractivity (Wildman–Crippen MR) is 91.8 cm³/mol. The molecule has 7 nitrogen and oxygen atoms in total. The Bertz CT molecular complexity index is 904. The van der Waals surface area contributed by atoms with Gasteiger partial charge in [-0.3, -0.25) is 14.8 Å². The Kier molecular flexibility index (Phi) is 4.75. The molecule has 0 aliphatic heterocycles. The standard InChI is InChI=1S/C14H11Cl3N6O/c1-22-6-11(17)12(20-22)13(24)19-14-18-7-23(21-14)5-8-2-3-9(15)4-10(8)16/h2-4,6-7H,5H2,1H3,(H,19,21,24). The number of nitrogens with zero attached hydrogens (tertiary/aromatic N) is 5. The van der Waals surface area contributed by atoms with Crippen LogP contribution in [-0.2, 0) is 13.6 Å². The summed E-state index contributed by atoms with van der Waals surface area (Å²) in [7, 11) is 1.67. The predicted octanol–water partition coefficient (Wildman–Crippen LogP) is 3.27. The summed E-state index contributed by atoms with van der Waals surface area (Å²) in [5.41, 5.74) is 0.938. The van der Waals surface area contributed by atoms with E-state index in [1.165, 1.54) is 17.2 Å². The molecule has 0 saturated heterocycles. The highest BCUT2D eigenvalue weighted by atomic mass is 35.5. The second-order valence-corrected chi connectivity index (χ2v) is 6.21. The second kappa shape index (κ2) is 6.80. The van der Waals surface area contributed by atoms with Crippen LogP contribution >= 0.6 is 34.8 Å². The largest absolute Gasteiger partial charge is 0.288 e. The quantitative estimate of drug-likeness (QED) is 0.747. The zero-order valence-corrected chi connectivity index (χ0v) is 14.6. The van der Waals surface area contributed by atoms with Crippen molar-refractivity contribution in [3.63, 3.8) is 0 Å². The maximum Gasteiger partial charge on any atom is 0.280 e. The van der Waals surface area contributed by atoms with E-state index in [4.69, 9.17) is 34.8 Å². The lowest BCUT2D eigenvalue weighted by atomic mass is 10.2. The lowest BCUT2D eigenvalue weighted by Gasteiger charge is -2.04. The third kappa shape index (κ3) is 3.69. The van der Waals surface area contributed by atoms with Crippen LogP contribution in [-0.4, -0.2) is 30.5 Å². The Morgan fingerprint density at radius 3 is 2.67 bits per heavy atom. The topological polar surface area (TPSA) is 77.6 Å². The van der Waals surface area contributed by atoms with Gasteiger partial charge in [-0.05, 0) is 17.7 Å². The molecule has 0 aliphatic rings. The average molecular weight is 386 g/mol. The molecular weight excluding hydrogens is 375 g/mol. The SMILES string of the molecule is Cn1cc(Cl)c(C(=O)Nc2ncn(Cc3ccc(Cl)cc3Cl)n2)n1. The van der Waals surface area contributed by atoms with Gasteiger partial charge >= 0.3 is 0 Å². The van der Waals surface area contributed by atoms with Crippen LogP contribution in [0.4, 0.5) is 5.95 Å². The summed E-state index contributed by atoms with van der Waals surface area (Å²) in [6.45, 7) is 0.392. The molecule has 0 saturated carbocycles. The van der Waals surface area contributed by atoms with Crippen molar-refractivity contribution < 1.29 is 4.79 Å². The first-order chi connectivity index (χ1) is 11.4. The molecule has 0 spiro atoms. The van der Waals surface area contributed by atoms with E-state index < -0.39 is 5.91 Å². The molecule has 2 heterocycles. The molecule has 3 rings (SSSR count). The molecule has 10 heteroatoms. The highest BCUT2D eigenvalue weighted by molar-refractivity contribution is 6.35. The lowest BCUT2D eigenvalue weighted by Crippen LogP contribution is -2.15. The monoisotopic (exact) mass is 384 g/mol. The minimum absolute atomic E-state index is 0.108. The molecule has 0 radical (unpaired) electrons. The van der Waals surface area contributed by atoms with Gasteiger partial charge in [-0.25, -0.2) is 9.67 Å². The first-order valence-corrected chi connectivity index (χ1v) is 7.89. The Balaban J connectivity index is 1.71. The number of hydrogen-bond donors (Lipinski definition) is 1. The zero-order chi connectivity index (χ0) is 17.3. The number of aryl methyl sites for hydroxylation is 1. The summed E-state index contributed by atoms with van der Waals surface area (Å²) in [6, 6.07) is 5.20. The van der Waals surface area contributed by atoms with Gasteiger partial charge in [0.2, 0.25) is 5.95 Å². The molecule has 3 aromatic rings. The van der Waals surface area contributed by atoms with E-state index in [0.717, 1.165) is 5.56 Å². The van der Waals surface area contributed by atoms with Crippen molar-refractivity contribution in [3.8, 4) is 0 Å². The second-order valence-electron chi connectivity index (χ2n) is 4.95. The van der Waals surface area contributed by atoms with E-state index >= 15 is 0 Å². The third-order valence-corrected chi connectivity index (χ3v) is 3.97. The van der Waals surface area contributed by atoms with Crippen LogP contribution in [0.25, 0.3) is 0 Å². The molecule has 0 unspecified atom stereocenters. The Morgan fingerprint density at radius 1 is 1.21 bits per heavy atom. The van der Waals surface area contributed by atoms with Crippen molar-refractivity contribution in [2.24, 2.45) is 7.05 Å². The normalized spacial score (nSPS) is 10.8. The summed E-state index contributed by atoms with van der Waals surface area (Å²) in [5, 5.41) is 12.0. The van der Waals surface area contributed by atoms with Crippen molar-refractivity contribution in [1.29, 1.82) is 0 Å². The molecule has 0 atom stereocenters. The highest BCUT2D eigenvalue weighted by Crippen LogP contribution is 2.21. The fraction of sp³-hybridized carbons (Fsp3) is 0.143. The van der Waals surface area contributed by atoms with Gasteiger partial charge in [0.25, 0.3) is 5.91 Å². The van der Waals surface area contributed by atoms with Crippen LogP contribution in [0.1, 0.15) is 16.1 Å². The van der Waals surface area contributed by atoms with Crippen LogP contribution in [0.5, 0.6) is 0 Å². The van der Waals surface area contributed by atoms with Crippen molar-refractivity contribution >= 4 is 46.7 Å². The van der Waals surface area contributed by atoms with Gasteiger partial charge in [-0.1, -0.05) is 40.9 Å². The summed E-state index contributed by atoms with van der Waals surface area (Å²) in [5.74, 6) is -0.338. The minimum atomic E-state index is -0.483. The summed E-state index contributed by atoms with van der Waals surface area (Å²) < 4.78 is 3.00. The number of carbonyl (C=O) groups is 1. The van der Waals surface area contributed by atoms with Crippen LogP contribution in [0, 0.1) is 0 Å². The molecule has 0 aliphatic carbocycles. The first kappa shape index (κ1) is 16.8. The number of amides is 1. The molecule has 0 fully saturated rings. The number of halogens is 3. The fourth-order valence-corrected chi connectivity index (χ4v) is 2.76. The molecule has 1 aromatic carbocycles. The zero-order valence-electron chi connectivity index (χ0n) is 12.4. The van der Waals surface area contributed by atoms with Gasteiger partial charge in [-0.15, -0.1) is 5.10 Å². The summed E-state index contributed by atoms with van der Waals surface area (Å²) in [4.78, 5) is 16.1. The molecule has 124 valence electrons. The number of nitrogens with one attached hydrogen (secondary N) is 1. The van der Waals surface area contributed by atoms with E-state index in [2.05, 4.69) is 20.5 Å². The van der Waals surface area contributed by atoms with E-state index in [1.54, 1.807) is 29.9 Å². The lowest BCUT2D eigenvalue weighted by molar-refractivity contribution is 0.102. The maximum absolute atomic E-state index is 12.1. The molecule has 1 N–H and O–H groups in total. The van der Waals surface area contributed by atoms with E-state index in [9.17, 15) is 4.79 Å². The Morgan fingerprint density at radius 2 is 2.00 bits per heavy atom. The van der Waals surface area contributed by atoms with Crippen molar-refractivity contribution in [3.05, 3.63) is 57.0 Å². The number of carbonyl (C=O) groups excluding carboxylic acids is 1. The van der Waals surface area contributed by atoms with Gasteiger partial charge in [0, 0.05) is 23.3 Å². The molecule has 1 amide bonds. The fourth-order valence-electron chi connectivity index (χ4n) is 2.03. The van der Waals surface area contributed by atoms with Crippen molar-refractivity contribution in [2.45, 2.75) is 6.54 Å². The summed E-state index contributed by atoms with van der Waals surface area (Å²) >= 11 is 17.9. The van der Waals surface area contributed by atoms with E-state index in [-0.39, 0.29) is 16.7 Å². The Labute approximate surface area is 152 Å². The van der Waals surface area contributed by atoms with Gasteiger partial charge in [0.15, 0.2) is 5.69 Å². The van der Waals surface area contributed by atoms with Crippen molar-refractivity contribution in [2.75, 3.05) is 5.32 Å². The number of rotatable bonds is 4. The highest BCUT2D eigenvalue weighted by Gasteiger charge is 2.16. The summed E-state index contributed by atoms with van der Waals surface area (Å²) in [6.07, 6.45) is 3.02. The third-order valence-electron chi connectivity index (χ3n) is 3.11. The molecule has 24 heavy (non-hydrogen) atoms. The van der Waals surface area contributed by atoms with Gasteiger partial charge in [0.05, 0.1) is 11.6 Å². The number of benzene rings is 1. The van der Waals surface area contributed by atoms with Crippen LogP contribution in [0.2, 0.25) is 15.1 Å². The number of hydrogen-bond acceptors (Lipinski definition) is 4. The van der Waals surface area contributed by atoms with Crippen LogP contribution in [0.3, 0.4) is 0 Å². The van der Waals surface area contributed by atoms with Gasteiger partial charge < -0.3 is 0 Å². The van der Waals surface area contributed by atoms with Crippen molar-refractivity contribution in [1.82, 2.24) is 24.5 Å². The van der Waals surface area contributed by atoms with Gasteiger partial charge in [0.1, 0.15) is 6.33 Å². The number of anilines is 1. The molecule has 0 bridgehead atoms. The van der Waals surface area contributed by atoms with E-state index in [1.807, 2.05) is 0 Å². The maximum atomic E-state index is 12.1. The van der Waals surface area contributed by atoms with Gasteiger partial charge in [-0.2, -0.15) is 5.10 Å². The molecular formula is C14H11Cl3N6O. The van der Waals surface area contributed by atoms with Crippen LogP contribution in [0.15, 0.2) is 30.7 Å². The smallest absolute Gasteiger partial charge is 0.280 e. The molecule has 2 aromatic heterocycles.